The van der Waals surface area contributed by atoms with Crippen LogP contribution in [0.4, 0.5) is 0 Å². The second-order valence-corrected chi connectivity index (χ2v) is 35.1. The van der Waals surface area contributed by atoms with Gasteiger partial charge >= 0.3 is 0 Å². The molecule has 0 fully saturated rings. The zero-order valence-corrected chi connectivity index (χ0v) is 74.3. The lowest BCUT2D eigenvalue weighted by Gasteiger charge is -2.13. The summed E-state index contributed by atoms with van der Waals surface area (Å²) in [6.07, 6.45) is 0. The summed E-state index contributed by atoms with van der Waals surface area (Å²) in [6, 6.07) is 188. The first-order chi connectivity index (χ1) is 67.4. The van der Waals surface area contributed by atoms with E-state index in [0.29, 0.717) is 0 Å². The Morgan fingerprint density at radius 3 is 0.588 bits per heavy atom. The highest BCUT2D eigenvalue weighted by Crippen LogP contribution is 2.45. The lowest BCUT2D eigenvalue weighted by atomic mass is 9.95. The van der Waals surface area contributed by atoms with E-state index in [2.05, 4.69) is 516 Å². The maximum atomic E-state index is 5.12. The van der Waals surface area contributed by atoms with Crippen molar-refractivity contribution in [2.45, 2.75) is 0 Å². The average molecular weight is 1730 g/mol. The summed E-state index contributed by atoms with van der Waals surface area (Å²) >= 11 is 0. The average Bonchev–Trinajstić information content (AvgIpc) is 1.59. The van der Waals surface area contributed by atoms with Crippen molar-refractivity contribution in [3.63, 3.8) is 0 Å². The molecule has 0 saturated carbocycles. The molecule has 6 nitrogen and oxygen atoms in total. The molecule has 26 rings (SSSR count). The van der Waals surface area contributed by atoms with E-state index in [1.807, 2.05) is 24.3 Å². The number of nitrogens with zero attached hydrogens (tertiary/aromatic N) is 6. The van der Waals surface area contributed by atoms with Gasteiger partial charge in [0.15, 0.2) is 0 Å². The van der Waals surface area contributed by atoms with E-state index >= 15 is 0 Å². The number of para-hydroxylation sites is 6. The molecule has 0 amide bonds. The fourth-order valence-electron chi connectivity index (χ4n) is 20.4. The molecular weight excluding hydrogens is 1650 g/mol. The largest absolute Gasteiger partial charge is 0.309 e. The Morgan fingerprint density at radius 1 is 0.103 bits per heavy atom. The summed E-state index contributed by atoms with van der Waals surface area (Å²) in [5.74, 6) is 0. The highest BCUT2D eigenvalue weighted by Gasteiger charge is 2.22. The number of hydrogen-bond acceptors (Lipinski definition) is 2. The fourth-order valence-corrected chi connectivity index (χ4v) is 20.4. The predicted octanol–water partition coefficient (Wildman–Crippen LogP) is 34.6. The van der Waals surface area contributed by atoms with Crippen molar-refractivity contribution in [3.8, 4) is 157 Å². The van der Waals surface area contributed by atoms with Crippen molar-refractivity contribution in [3.05, 3.63) is 522 Å². The Morgan fingerprint density at radius 2 is 0.294 bits per heavy atom. The Hall–Kier alpha value is -18.1. The third kappa shape index (κ3) is 14.8. The van der Waals surface area contributed by atoms with Gasteiger partial charge in [0.1, 0.15) is 0 Å². The third-order valence-corrected chi connectivity index (χ3v) is 27.0. The van der Waals surface area contributed by atoms with Crippen LogP contribution in [0.1, 0.15) is 0 Å². The second-order valence-electron chi connectivity index (χ2n) is 35.1. The van der Waals surface area contributed by atoms with Crippen molar-refractivity contribution in [2.75, 3.05) is 0 Å². The maximum Gasteiger partial charge on any atom is 0.0715 e. The normalized spacial score (nSPS) is 11.5. The molecule has 20 aromatic carbocycles. The summed E-state index contributed by atoms with van der Waals surface area (Å²) in [5, 5.41) is 9.97. The number of pyridine rings is 2. The molecule has 0 spiro atoms. The molecule has 0 unspecified atom stereocenters. The number of aromatic nitrogens is 6. The molecule has 136 heavy (non-hydrogen) atoms. The number of benzene rings is 20. The van der Waals surface area contributed by atoms with E-state index in [-0.39, 0.29) is 0 Å². The number of fused-ring (bicyclic) bond motifs is 12. The first-order valence-electron chi connectivity index (χ1n) is 46.5. The Labute approximate surface area is 788 Å². The molecular formula is C130H86N6. The third-order valence-electron chi connectivity index (χ3n) is 27.0. The van der Waals surface area contributed by atoms with Crippen molar-refractivity contribution in [2.24, 2.45) is 0 Å². The van der Waals surface area contributed by atoms with Crippen LogP contribution in [0.5, 0.6) is 0 Å². The van der Waals surface area contributed by atoms with E-state index in [4.69, 9.17) is 9.97 Å². The molecule has 0 aliphatic rings. The van der Waals surface area contributed by atoms with Gasteiger partial charge in [0.2, 0.25) is 0 Å². The van der Waals surface area contributed by atoms with Crippen LogP contribution in [0.3, 0.4) is 0 Å². The Balaban J connectivity index is 0.000000145. The van der Waals surface area contributed by atoms with Gasteiger partial charge in [-0.15, -0.1) is 0 Å². The van der Waals surface area contributed by atoms with Gasteiger partial charge in [0.25, 0.3) is 0 Å². The molecule has 636 valence electrons. The van der Waals surface area contributed by atoms with Gasteiger partial charge < -0.3 is 18.3 Å². The lowest BCUT2D eigenvalue weighted by molar-refractivity contribution is 1.18. The molecule has 0 saturated heterocycles. The van der Waals surface area contributed by atoms with E-state index in [9.17, 15) is 0 Å². The first kappa shape index (κ1) is 80.0. The zero-order valence-electron chi connectivity index (χ0n) is 74.3. The standard InChI is InChI=1S/2C65H43N3/c1-4-17-44(18-5-1)60-42-53(43-61(66-60)45-19-6-2-7-20-45)49-24-15-22-47(38-49)46-21-14-23-48(37-46)50-25-16-28-55(39-50)68-63-32-13-11-30-57(63)59-41-52(34-36-65(59)68)51-33-35-64-58(40-51)56-29-10-12-31-62(56)67(64)54-26-8-3-9-27-54;1-4-16-45(17-5-1)60-42-53(43-61(66-60)46-18-6-2-7-19-46)50-23-15-22-49(39-50)48-21-14-20-47(38-48)44-30-34-55(35-31-44)68-63-29-13-11-27-57(63)59-41-52(33-37-65(59)68)51-32-36-64-58(40-51)56-26-10-12-28-62(56)67(64)54-24-8-3-9-25-54/h2*1-43H. The van der Waals surface area contributed by atoms with Crippen molar-refractivity contribution in [1.82, 2.24) is 28.2 Å². The summed E-state index contributed by atoms with van der Waals surface area (Å²) in [7, 11) is 0. The zero-order chi connectivity index (χ0) is 89.9. The molecule has 0 radical (unpaired) electrons. The van der Waals surface area contributed by atoms with Crippen LogP contribution in [-0.2, 0) is 0 Å². The molecule has 0 aliphatic heterocycles. The summed E-state index contributed by atoms with van der Waals surface area (Å²) < 4.78 is 9.57. The van der Waals surface area contributed by atoms with Crippen LogP contribution in [0.15, 0.2) is 522 Å². The summed E-state index contributed by atoms with van der Waals surface area (Å²) in [4.78, 5) is 10.2. The van der Waals surface area contributed by atoms with E-state index in [1.54, 1.807) is 0 Å². The van der Waals surface area contributed by atoms with Crippen LogP contribution in [-0.4, -0.2) is 28.2 Å². The van der Waals surface area contributed by atoms with E-state index in [0.717, 1.165) is 78.7 Å². The quantitative estimate of drug-likeness (QED) is 0.0968. The van der Waals surface area contributed by atoms with Crippen molar-refractivity contribution >= 4 is 87.2 Å². The van der Waals surface area contributed by atoms with Crippen LogP contribution < -0.4 is 0 Å². The molecule has 6 heterocycles. The monoisotopic (exact) mass is 1730 g/mol. The maximum absolute atomic E-state index is 5.12. The van der Waals surface area contributed by atoms with Crippen molar-refractivity contribution in [1.29, 1.82) is 0 Å². The van der Waals surface area contributed by atoms with Crippen LogP contribution in [0, 0.1) is 0 Å². The van der Waals surface area contributed by atoms with Gasteiger partial charge in [-0.2, -0.15) is 0 Å². The fraction of sp³-hybridized carbons (Fsp3) is 0. The summed E-state index contributed by atoms with van der Waals surface area (Å²) in [6.45, 7) is 0. The highest BCUT2D eigenvalue weighted by atomic mass is 15.0. The Bertz CT molecular complexity index is 8950. The molecule has 26 aromatic rings. The summed E-state index contributed by atoms with van der Waals surface area (Å²) in [5.41, 5.74) is 41.2. The van der Waals surface area contributed by atoms with Gasteiger partial charge in [0.05, 0.1) is 66.9 Å². The van der Waals surface area contributed by atoms with Crippen LogP contribution in [0.2, 0.25) is 0 Å². The molecule has 6 heteroatoms. The van der Waals surface area contributed by atoms with Crippen LogP contribution in [0.25, 0.3) is 244 Å². The van der Waals surface area contributed by atoms with E-state index in [1.165, 1.54) is 165 Å². The molecule has 0 aliphatic carbocycles. The van der Waals surface area contributed by atoms with E-state index < -0.39 is 0 Å². The van der Waals surface area contributed by atoms with Gasteiger partial charge in [-0.3, -0.25) is 0 Å². The molecule has 0 N–H and O–H groups in total. The number of hydrogen-bond donors (Lipinski definition) is 0. The minimum atomic E-state index is 0.958. The van der Waals surface area contributed by atoms with Gasteiger partial charge in [-0.1, -0.05) is 352 Å². The van der Waals surface area contributed by atoms with Gasteiger partial charge in [-0.25, -0.2) is 9.97 Å². The number of rotatable bonds is 16. The van der Waals surface area contributed by atoms with Crippen molar-refractivity contribution < 1.29 is 0 Å². The van der Waals surface area contributed by atoms with Gasteiger partial charge in [0, 0.05) is 88.1 Å². The topological polar surface area (TPSA) is 45.5 Å². The smallest absolute Gasteiger partial charge is 0.0715 e. The Kier molecular flexibility index (Phi) is 20.2. The molecule has 0 atom stereocenters. The predicted molar refractivity (Wildman–Crippen MR) is 571 cm³/mol. The highest BCUT2D eigenvalue weighted by molar-refractivity contribution is 6.15. The first-order valence-corrected chi connectivity index (χ1v) is 46.5. The SMILES string of the molecule is c1ccc(-c2cc(-c3cccc(-c4cccc(-c5ccc(-n6c7ccccc7c7cc(-c8ccc9c(c8)c8ccccc8n9-c8ccccc8)ccc76)cc5)c4)c3)cc(-c3ccccc3)n2)cc1.c1ccc(-c2cc(-c3cccc(-c4cccc(-c5cccc(-n6c7ccccc7c7cc(-c8ccc9c(c8)c8ccccc8n9-c8ccccc8)ccc76)c5)c4)c3)cc(-c3ccccc3)n2)cc1. The minimum Gasteiger partial charge on any atom is -0.309 e. The van der Waals surface area contributed by atoms with Crippen LogP contribution >= 0.6 is 0 Å². The minimum absolute atomic E-state index is 0.958. The molecule has 6 aromatic heterocycles. The lowest BCUT2D eigenvalue weighted by Crippen LogP contribution is -1.94. The second kappa shape index (κ2) is 34.3. The van der Waals surface area contributed by atoms with Gasteiger partial charge in [-0.05, 0) is 259 Å². The molecule has 0 bridgehead atoms.